The molecule has 0 aliphatic carbocycles. The van der Waals surface area contributed by atoms with Gasteiger partial charge in [-0.15, -0.1) is 0 Å². The van der Waals surface area contributed by atoms with Gasteiger partial charge in [0.15, 0.2) is 6.29 Å². The number of rotatable bonds is 3. The second kappa shape index (κ2) is 3.92. The third-order valence-corrected chi connectivity index (χ3v) is 1.83. The fourth-order valence-corrected chi connectivity index (χ4v) is 1.11. The van der Waals surface area contributed by atoms with Gasteiger partial charge in [-0.25, -0.2) is 4.39 Å². The van der Waals surface area contributed by atoms with Gasteiger partial charge in [0, 0.05) is 11.6 Å². The Balaban J connectivity index is 3.42. The fourth-order valence-electron chi connectivity index (χ4n) is 1.11. The molecule has 0 radical (unpaired) electrons. The molecule has 0 spiro atoms. The number of hydrogen-bond donors (Lipinski definition) is 0. The highest BCUT2D eigenvalue weighted by Crippen LogP contribution is 2.20. The highest BCUT2D eigenvalue weighted by atomic mass is 19.4. The molecule has 15 heavy (non-hydrogen) atoms. The molecule has 0 saturated heterocycles. The van der Waals surface area contributed by atoms with E-state index in [0.717, 1.165) is 7.11 Å². The van der Waals surface area contributed by atoms with E-state index < -0.39 is 29.6 Å². The first-order chi connectivity index (χ1) is 6.90. The van der Waals surface area contributed by atoms with Crippen molar-refractivity contribution in [1.82, 2.24) is 0 Å². The lowest BCUT2D eigenvalue weighted by Crippen LogP contribution is -2.35. The number of carbonyl (C=O) groups excluding carboxylic acids is 1. The Bertz CT molecular complexity index is 389. The van der Waals surface area contributed by atoms with Gasteiger partial charge < -0.3 is 17.7 Å². The minimum Gasteiger partial charge on any atom is -0.500 e. The van der Waals surface area contributed by atoms with Gasteiger partial charge in [0.25, 0.3) is 0 Å². The van der Waals surface area contributed by atoms with Crippen LogP contribution in [0.15, 0.2) is 12.1 Å². The van der Waals surface area contributed by atoms with E-state index in [0.29, 0.717) is 12.1 Å². The largest absolute Gasteiger partial charge is 0.513 e. The lowest BCUT2D eigenvalue weighted by atomic mass is 9.78. The van der Waals surface area contributed by atoms with E-state index in [9.17, 15) is 22.1 Å². The summed E-state index contributed by atoms with van der Waals surface area (Å²) in [5.74, 6) is -1.66. The third-order valence-electron chi connectivity index (χ3n) is 1.83. The van der Waals surface area contributed by atoms with Crippen LogP contribution in [-0.2, 0) is 0 Å². The molecule has 0 amide bonds. The zero-order valence-corrected chi connectivity index (χ0v) is 7.64. The van der Waals surface area contributed by atoms with E-state index in [1.165, 1.54) is 0 Å². The minimum atomic E-state index is -5.33. The van der Waals surface area contributed by atoms with E-state index in [1.807, 2.05) is 0 Å². The SMILES string of the molecule is COc1cc(F)c(C=O)cc1[B-](F)(F)F. The fraction of sp³-hybridized carbons (Fsp3) is 0.125. The normalized spacial score (nSPS) is 11.3. The summed E-state index contributed by atoms with van der Waals surface area (Å²) in [6.45, 7) is -5.33. The lowest BCUT2D eigenvalue weighted by Gasteiger charge is -2.19. The van der Waals surface area contributed by atoms with Crippen LogP contribution in [0.5, 0.6) is 5.75 Å². The Kier molecular flexibility index (Phi) is 3.02. The quantitative estimate of drug-likeness (QED) is 0.441. The summed E-state index contributed by atoms with van der Waals surface area (Å²) in [7, 11) is 1.00. The average molecular weight is 221 g/mol. The summed E-state index contributed by atoms with van der Waals surface area (Å²) >= 11 is 0. The molecule has 82 valence electrons. The second-order valence-corrected chi connectivity index (χ2v) is 2.81. The second-order valence-electron chi connectivity index (χ2n) is 2.81. The molecule has 0 aliphatic heterocycles. The summed E-state index contributed by atoms with van der Waals surface area (Å²) in [5, 5.41) is 0. The molecule has 0 bridgehead atoms. The number of halogens is 4. The molecule has 0 saturated carbocycles. The van der Waals surface area contributed by atoms with Crippen molar-refractivity contribution in [2.45, 2.75) is 0 Å². The first kappa shape index (κ1) is 11.5. The maximum Gasteiger partial charge on any atom is 0.513 e. The van der Waals surface area contributed by atoms with Crippen LogP contribution in [0.2, 0.25) is 0 Å². The maximum atomic E-state index is 12.9. The number of benzene rings is 1. The molecular formula is C8H6BF4O2-. The predicted molar refractivity (Wildman–Crippen MR) is 47.1 cm³/mol. The van der Waals surface area contributed by atoms with Crippen molar-refractivity contribution in [2.75, 3.05) is 7.11 Å². The molecule has 0 aromatic heterocycles. The van der Waals surface area contributed by atoms with Gasteiger partial charge in [0.2, 0.25) is 0 Å². The van der Waals surface area contributed by atoms with Crippen LogP contribution in [0.3, 0.4) is 0 Å². The van der Waals surface area contributed by atoms with Gasteiger partial charge in [0.1, 0.15) is 5.82 Å². The Hall–Kier alpha value is -1.53. The molecule has 1 rings (SSSR count). The molecule has 7 heteroatoms. The van der Waals surface area contributed by atoms with Crippen LogP contribution in [0.25, 0.3) is 0 Å². The monoisotopic (exact) mass is 221 g/mol. The lowest BCUT2D eigenvalue weighted by molar-refractivity contribution is 0.112. The summed E-state index contributed by atoms with van der Waals surface area (Å²) in [5.41, 5.74) is -1.74. The first-order valence-corrected chi connectivity index (χ1v) is 3.92. The zero-order chi connectivity index (χ0) is 11.6. The van der Waals surface area contributed by atoms with Crippen LogP contribution >= 0.6 is 0 Å². The zero-order valence-electron chi connectivity index (χ0n) is 7.64. The first-order valence-electron chi connectivity index (χ1n) is 3.92. The van der Waals surface area contributed by atoms with E-state index in [2.05, 4.69) is 4.74 Å². The number of carbonyl (C=O) groups is 1. The number of methoxy groups -OCH3 is 1. The van der Waals surface area contributed by atoms with E-state index in [4.69, 9.17) is 0 Å². The van der Waals surface area contributed by atoms with Crippen molar-refractivity contribution in [1.29, 1.82) is 0 Å². The molecule has 0 atom stereocenters. The minimum absolute atomic E-state index is 0.0279. The summed E-state index contributed by atoms with van der Waals surface area (Å²) in [4.78, 5) is 10.3. The molecule has 0 heterocycles. The van der Waals surface area contributed by atoms with Gasteiger partial charge in [-0.2, -0.15) is 0 Å². The topological polar surface area (TPSA) is 26.3 Å². The summed E-state index contributed by atoms with van der Waals surface area (Å²) in [6, 6.07) is 0.996. The number of hydrogen-bond acceptors (Lipinski definition) is 2. The van der Waals surface area contributed by atoms with Gasteiger partial charge in [-0.1, -0.05) is 11.5 Å². The van der Waals surface area contributed by atoms with E-state index >= 15 is 0 Å². The van der Waals surface area contributed by atoms with Crippen molar-refractivity contribution < 1.29 is 26.9 Å². The van der Waals surface area contributed by atoms with Gasteiger partial charge >= 0.3 is 6.98 Å². The highest BCUT2D eigenvalue weighted by molar-refractivity contribution is 6.74. The Morgan fingerprint density at radius 1 is 1.33 bits per heavy atom. The van der Waals surface area contributed by atoms with Crippen LogP contribution < -0.4 is 10.2 Å². The molecule has 1 aromatic rings. The van der Waals surface area contributed by atoms with Crippen molar-refractivity contribution in [3.63, 3.8) is 0 Å². The molecule has 0 aliphatic rings. The standard InChI is InChI=1S/C8H6BF4O2/c1-15-8-3-7(10)5(4-14)2-6(8)9(11,12)13/h2-4H,1H3/q-1. The van der Waals surface area contributed by atoms with Crippen LogP contribution in [0, 0.1) is 5.82 Å². The smallest absolute Gasteiger partial charge is 0.500 e. The predicted octanol–water partition coefficient (Wildman–Crippen LogP) is 1.70. The van der Waals surface area contributed by atoms with Gasteiger partial charge in [0.05, 0.1) is 12.9 Å². The molecular weight excluding hydrogens is 215 g/mol. The van der Waals surface area contributed by atoms with E-state index in [1.54, 1.807) is 0 Å². The molecule has 0 unspecified atom stereocenters. The van der Waals surface area contributed by atoms with Crippen LogP contribution in [0.1, 0.15) is 10.4 Å². The van der Waals surface area contributed by atoms with E-state index in [-0.39, 0.29) is 6.29 Å². The maximum absolute atomic E-state index is 12.9. The van der Waals surface area contributed by atoms with Crippen LogP contribution in [-0.4, -0.2) is 20.4 Å². The Morgan fingerprint density at radius 2 is 1.93 bits per heavy atom. The Labute approximate surface area is 82.9 Å². The van der Waals surface area contributed by atoms with Crippen molar-refractivity contribution in [2.24, 2.45) is 0 Å². The van der Waals surface area contributed by atoms with Crippen molar-refractivity contribution >= 4 is 18.7 Å². The van der Waals surface area contributed by atoms with Gasteiger partial charge in [-0.05, 0) is 0 Å². The van der Waals surface area contributed by atoms with Crippen molar-refractivity contribution in [3.05, 3.63) is 23.5 Å². The Morgan fingerprint density at radius 3 is 2.33 bits per heavy atom. The van der Waals surface area contributed by atoms with Crippen LogP contribution in [0.4, 0.5) is 17.3 Å². The molecule has 1 aromatic carbocycles. The number of ether oxygens (including phenoxy) is 1. The molecule has 0 fully saturated rings. The van der Waals surface area contributed by atoms with Gasteiger partial charge in [-0.3, -0.25) is 4.79 Å². The molecule has 0 N–H and O–H groups in total. The molecule has 2 nitrogen and oxygen atoms in total. The highest BCUT2D eigenvalue weighted by Gasteiger charge is 2.30. The van der Waals surface area contributed by atoms with Crippen molar-refractivity contribution in [3.8, 4) is 5.75 Å². The third kappa shape index (κ3) is 2.29. The summed E-state index contributed by atoms with van der Waals surface area (Å²) in [6.07, 6.45) is 0.0279. The number of aldehydes is 1. The summed E-state index contributed by atoms with van der Waals surface area (Å²) < 4.78 is 54.6. The average Bonchev–Trinajstić information content (AvgIpc) is 2.15.